The molecule has 2 aromatic heterocycles. The lowest BCUT2D eigenvalue weighted by atomic mass is 9.97. The van der Waals surface area contributed by atoms with Crippen LogP contribution >= 0.6 is 0 Å². The van der Waals surface area contributed by atoms with E-state index >= 15 is 0 Å². The minimum Gasteiger partial charge on any atom is -0.483 e. The smallest absolute Gasteiger partial charge is 0.321 e. The van der Waals surface area contributed by atoms with E-state index in [4.69, 9.17) is 10.5 Å². The molecule has 2 amide bonds. The molecule has 0 bridgehead atoms. The predicted octanol–water partition coefficient (Wildman–Crippen LogP) is 2.75. The van der Waals surface area contributed by atoms with Crippen LogP contribution in [0.1, 0.15) is 25.1 Å². The highest BCUT2D eigenvalue weighted by Gasteiger charge is 2.25. The molecule has 11 heteroatoms. The highest BCUT2D eigenvalue weighted by molar-refractivity contribution is 5.89. The van der Waals surface area contributed by atoms with Crippen molar-refractivity contribution in [1.82, 2.24) is 19.9 Å². The zero-order chi connectivity index (χ0) is 25.0. The van der Waals surface area contributed by atoms with Crippen molar-refractivity contribution in [2.75, 3.05) is 42.1 Å². The van der Waals surface area contributed by atoms with E-state index in [1.54, 1.807) is 29.4 Å². The molecule has 0 saturated carbocycles. The topological polar surface area (TPSA) is 130 Å². The zero-order valence-corrected chi connectivity index (χ0v) is 19.6. The molecule has 0 radical (unpaired) electrons. The molecule has 0 aliphatic carbocycles. The summed E-state index contributed by atoms with van der Waals surface area (Å²) in [5, 5.41) is 12.9. The third-order valence-electron chi connectivity index (χ3n) is 5.60. The van der Waals surface area contributed by atoms with E-state index in [9.17, 15) is 14.3 Å². The largest absolute Gasteiger partial charge is 0.483 e. The van der Waals surface area contributed by atoms with Gasteiger partial charge in [0.25, 0.3) is 0 Å². The molecule has 35 heavy (non-hydrogen) atoms. The van der Waals surface area contributed by atoms with Crippen LogP contribution in [-0.4, -0.2) is 57.2 Å². The number of nitrogens with zero attached hydrogens (tertiary/aromatic N) is 5. The predicted molar refractivity (Wildman–Crippen MR) is 129 cm³/mol. The number of hydrogen-bond acceptors (Lipinski definition) is 8. The van der Waals surface area contributed by atoms with Crippen LogP contribution in [-0.2, 0) is 12.2 Å². The Morgan fingerprint density at radius 3 is 2.66 bits per heavy atom. The Morgan fingerprint density at radius 1 is 1.17 bits per heavy atom. The van der Waals surface area contributed by atoms with Crippen molar-refractivity contribution in [2.24, 2.45) is 0 Å². The van der Waals surface area contributed by atoms with Gasteiger partial charge in [0, 0.05) is 49.8 Å². The Labute approximate surface area is 202 Å². The average Bonchev–Trinajstić information content (AvgIpc) is 2.83. The lowest BCUT2D eigenvalue weighted by Gasteiger charge is -2.36. The summed E-state index contributed by atoms with van der Waals surface area (Å²) in [5.41, 5.74) is 5.46. The number of nitrogen functional groups attached to an aromatic ring is 1. The molecule has 1 aliphatic rings. The van der Waals surface area contributed by atoms with Crippen molar-refractivity contribution in [2.45, 2.75) is 26.1 Å². The number of urea groups is 1. The SMILES string of the molecule is CC(C)(O)c1cc(NC(=O)N2CCN(c3ncccc3OCc3ccnc(N)n3)CC2)ccc1F. The number of halogens is 1. The minimum atomic E-state index is -1.36. The van der Waals surface area contributed by atoms with Gasteiger partial charge in [0.15, 0.2) is 11.6 Å². The van der Waals surface area contributed by atoms with Gasteiger partial charge in [-0.25, -0.2) is 24.1 Å². The third-order valence-corrected chi connectivity index (χ3v) is 5.60. The molecule has 1 fully saturated rings. The number of carbonyl (C=O) groups excluding carboxylic acids is 1. The first kappa shape index (κ1) is 24.1. The normalized spacial score (nSPS) is 14.1. The minimum absolute atomic E-state index is 0.118. The Kier molecular flexibility index (Phi) is 6.97. The van der Waals surface area contributed by atoms with Gasteiger partial charge in [-0.2, -0.15) is 0 Å². The van der Waals surface area contributed by atoms with E-state index in [1.807, 2.05) is 6.07 Å². The van der Waals surface area contributed by atoms with Gasteiger partial charge in [-0.15, -0.1) is 0 Å². The van der Waals surface area contributed by atoms with E-state index < -0.39 is 11.4 Å². The van der Waals surface area contributed by atoms with E-state index in [-0.39, 0.29) is 24.1 Å². The van der Waals surface area contributed by atoms with Crippen molar-refractivity contribution in [3.8, 4) is 5.75 Å². The standard InChI is InChI=1S/C24H28FN7O3/c1-24(2,34)18-14-16(5-6-19(18)25)30-23(33)32-12-10-31(11-13-32)21-20(4-3-8-27-21)35-15-17-7-9-28-22(26)29-17/h3-9,14,34H,10-13,15H2,1-2H3,(H,30,33)(H2,26,28,29). The number of aromatic nitrogens is 3. The maximum atomic E-state index is 14.0. The first-order valence-electron chi connectivity index (χ1n) is 11.2. The van der Waals surface area contributed by atoms with Crippen LogP contribution in [0.2, 0.25) is 0 Å². The second kappa shape index (κ2) is 10.1. The summed E-state index contributed by atoms with van der Waals surface area (Å²) >= 11 is 0. The van der Waals surface area contributed by atoms with Gasteiger partial charge in [-0.1, -0.05) is 0 Å². The van der Waals surface area contributed by atoms with Gasteiger partial charge in [-0.3, -0.25) is 0 Å². The average molecular weight is 482 g/mol. The molecule has 1 aliphatic heterocycles. The third kappa shape index (κ3) is 5.93. The number of benzene rings is 1. The molecule has 0 atom stereocenters. The Bertz CT molecular complexity index is 1190. The summed E-state index contributed by atoms with van der Waals surface area (Å²) in [5.74, 6) is 0.945. The molecule has 1 saturated heterocycles. The Morgan fingerprint density at radius 2 is 1.94 bits per heavy atom. The fourth-order valence-corrected chi connectivity index (χ4v) is 3.77. The number of anilines is 3. The lowest BCUT2D eigenvalue weighted by Crippen LogP contribution is -2.50. The molecule has 184 valence electrons. The van der Waals surface area contributed by atoms with Gasteiger partial charge in [0.05, 0.1) is 11.3 Å². The van der Waals surface area contributed by atoms with Gasteiger partial charge in [0.2, 0.25) is 5.95 Å². The van der Waals surface area contributed by atoms with Crippen LogP contribution < -0.4 is 20.7 Å². The molecule has 10 nitrogen and oxygen atoms in total. The summed E-state index contributed by atoms with van der Waals surface area (Å²) in [4.78, 5) is 29.0. The second-order valence-corrected chi connectivity index (χ2v) is 8.68. The Balaban J connectivity index is 1.36. The Hall–Kier alpha value is -3.99. The summed E-state index contributed by atoms with van der Waals surface area (Å²) in [6, 6.07) is 9.22. The monoisotopic (exact) mass is 481 g/mol. The van der Waals surface area contributed by atoms with Crippen LogP contribution in [0.15, 0.2) is 48.8 Å². The first-order chi connectivity index (χ1) is 16.7. The fourth-order valence-electron chi connectivity index (χ4n) is 3.77. The number of aliphatic hydroxyl groups is 1. The van der Waals surface area contributed by atoms with E-state index in [0.29, 0.717) is 49.1 Å². The van der Waals surface area contributed by atoms with Gasteiger partial charge in [0.1, 0.15) is 12.4 Å². The summed E-state index contributed by atoms with van der Waals surface area (Å²) in [6.07, 6.45) is 3.27. The van der Waals surface area contributed by atoms with Crippen molar-refractivity contribution in [1.29, 1.82) is 0 Å². The molecule has 4 rings (SSSR count). The first-order valence-corrected chi connectivity index (χ1v) is 11.2. The molecule has 4 N–H and O–H groups in total. The number of nitrogens with two attached hydrogens (primary N) is 1. The van der Waals surface area contributed by atoms with E-state index in [2.05, 4.69) is 25.2 Å². The highest BCUT2D eigenvalue weighted by atomic mass is 19.1. The number of hydrogen-bond donors (Lipinski definition) is 3. The molecule has 0 unspecified atom stereocenters. The van der Waals surface area contributed by atoms with Crippen LogP contribution in [0, 0.1) is 5.82 Å². The van der Waals surface area contributed by atoms with Crippen LogP contribution in [0.25, 0.3) is 0 Å². The number of pyridine rings is 1. The lowest BCUT2D eigenvalue weighted by molar-refractivity contribution is 0.0746. The van der Waals surface area contributed by atoms with E-state index in [1.165, 1.54) is 32.0 Å². The number of ether oxygens (including phenoxy) is 1. The summed E-state index contributed by atoms with van der Waals surface area (Å²) < 4.78 is 20.0. The molecule has 3 heterocycles. The quantitative estimate of drug-likeness (QED) is 0.490. The molecular formula is C24H28FN7O3. The van der Waals surface area contributed by atoms with Crippen molar-refractivity contribution < 1.29 is 19.0 Å². The number of piperazine rings is 1. The van der Waals surface area contributed by atoms with Crippen molar-refractivity contribution >= 4 is 23.5 Å². The van der Waals surface area contributed by atoms with Gasteiger partial charge < -0.3 is 30.7 Å². The van der Waals surface area contributed by atoms with Crippen LogP contribution in [0.3, 0.4) is 0 Å². The molecular weight excluding hydrogens is 453 g/mol. The maximum absolute atomic E-state index is 14.0. The molecule has 3 aromatic rings. The van der Waals surface area contributed by atoms with Crippen molar-refractivity contribution in [3.05, 3.63) is 65.9 Å². The molecule has 1 aromatic carbocycles. The zero-order valence-electron chi connectivity index (χ0n) is 19.6. The van der Waals surface area contributed by atoms with Crippen molar-refractivity contribution in [3.63, 3.8) is 0 Å². The van der Waals surface area contributed by atoms with Gasteiger partial charge in [-0.05, 0) is 50.2 Å². The maximum Gasteiger partial charge on any atom is 0.321 e. The number of rotatable bonds is 6. The molecule has 0 spiro atoms. The van der Waals surface area contributed by atoms with E-state index in [0.717, 1.165) is 0 Å². The van der Waals surface area contributed by atoms with Gasteiger partial charge >= 0.3 is 6.03 Å². The fraction of sp³-hybridized carbons (Fsp3) is 0.333. The number of nitrogens with one attached hydrogen (secondary N) is 1. The van der Waals surface area contributed by atoms with Crippen LogP contribution in [0.4, 0.5) is 26.6 Å². The highest BCUT2D eigenvalue weighted by Crippen LogP contribution is 2.28. The van der Waals surface area contributed by atoms with Crippen LogP contribution in [0.5, 0.6) is 5.75 Å². The number of carbonyl (C=O) groups is 1. The summed E-state index contributed by atoms with van der Waals surface area (Å²) in [7, 11) is 0. The number of amides is 2. The summed E-state index contributed by atoms with van der Waals surface area (Å²) in [6.45, 7) is 5.24. The second-order valence-electron chi connectivity index (χ2n) is 8.68.